The van der Waals surface area contributed by atoms with Crippen LogP contribution in [0.1, 0.15) is 32.3 Å². The molecule has 0 radical (unpaired) electrons. The lowest BCUT2D eigenvalue weighted by molar-refractivity contribution is -0.137. The maximum atomic E-state index is 12.9. The third kappa shape index (κ3) is 4.03. The van der Waals surface area contributed by atoms with Crippen molar-refractivity contribution in [2.75, 3.05) is 6.54 Å². The van der Waals surface area contributed by atoms with Gasteiger partial charge in [-0.05, 0) is 37.7 Å². The number of benzene rings is 1. The van der Waals surface area contributed by atoms with Gasteiger partial charge in [-0.2, -0.15) is 0 Å². The minimum Gasteiger partial charge on any atom is -0.393 e. The first-order valence-electron chi connectivity index (χ1n) is 7.62. The van der Waals surface area contributed by atoms with Gasteiger partial charge in [0.2, 0.25) is 5.91 Å². The monoisotopic (exact) mass is 304 g/mol. The van der Waals surface area contributed by atoms with Gasteiger partial charge in [0.05, 0.1) is 10.9 Å². The SMILES string of the molecule is CC1CCC(C)N(C(=O)C(Cc2ccccc2)C(N)=S)C1. The zero-order valence-corrected chi connectivity index (χ0v) is 13.6. The number of carbonyl (C=O) groups excluding carboxylic acids is 1. The van der Waals surface area contributed by atoms with E-state index < -0.39 is 5.92 Å². The van der Waals surface area contributed by atoms with Crippen LogP contribution in [0.15, 0.2) is 30.3 Å². The number of amides is 1. The topological polar surface area (TPSA) is 46.3 Å². The van der Waals surface area contributed by atoms with Crippen LogP contribution in [-0.2, 0) is 11.2 Å². The molecule has 1 amide bonds. The summed E-state index contributed by atoms with van der Waals surface area (Å²) >= 11 is 5.16. The fourth-order valence-electron chi connectivity index (χ4n) is 2.96. The van der Waals surface area contributed by atoms with Crippen molar-refractivity contribution in [1.82, 2.24) is 4.90 Å². The Kier molecular flexibility index (Phi) is 5.34. The second-order valence-corrected chi connectivity index (χ2v) is 6.64. The van der Waals surface area contributed by atoms with E-state index in [0.29, 0.717) is 17.3 Å². The molecule has 0 bridgehead atoms. The van der Waals surface area contributed by atoms with Crippen molar-refractivity contribution in [3.05, 3.63) is 35.9 Å². The highest BCUT2D eigenvalue weighted by Gasteiger charge is 2.32. The number of likely N-dealkylation sites (tertiary alicyclic amines) is 1. The smallest absolute Gasteiger partial charge is 0.233 e. The molecule has 21 heavy (non-hydrogen) atoms. The molecule has 1 aliphatic rings. The van der Waals surface area contributed by atoms with E-state index in [4.69, 9.17) is 18.0 Å². The van der Waals surface area contributed by atoms with Crippen molar-refractivity contribution in [3.63, 3.8) is 0 Å². The molecule has 1 aromatic rings. The number of carbonyl (C=O) groups is 1. The zero-order valence-electron chi connectivity index (χ0n) is 12.8. The second-order valence-electron chi connectivity index (χ2n) is 6.17. The molecular formula is C17H24N2OS. The highest BCUT2D eigenvalue weighted by molar-refractivity contribution is 7.80. The van der Waals surface area contributed by atoms with E-state index in [-0.39, 0.29) is 11.9 Å². The van der Waals surface area contributed by atoms with Gasteiger partial charge in [0, 0.05) is 12.6 Å². The number of hydrogen-bond acceptors (Lipinski definition) is 2. The standard InChI is InChI=1S/C17H24N2OS/c1-12-8-9-13(2)19(11-12)17(20)15(16(18)21)10-14-6-4-3-5-7-14/h3-7,12-13,15H,8-11H2,1-2H3,(H2,18,21). The normalized spacial score (nSPS) is 23.6. The van der Waals surface area contributed by atoms with Gasteiger partial charge in [-0.1, -0.05) is 49.5 Å². The number of thiocarbonyl (C=S) groups is 1. The minimum absolute atomic E-state index is 0.0883. The molecule has 0 saturated carbocycles. The van der Waals surface area contributed by atoms with E-state index in [0.717, 1.165) is 18.5 Å². The third-order valence-corrected chi connectivity index (χ3v) is 4.61. The number of piperidine rings is 1. The van der Waals surface area contributed by atoms with Crippen LogP contribution in [0.3, 0.4) is 0 Å². The number of nitrogens with two attached hydrogens (primary N) is 1. The molecule has 3 atom stereocenters. The Morgan fingerprint density at radius 3 is 2.62 bits per heavy atom. The number of nitrogens with zero attached hydrogens (tertiary/aromatic N) is 1. The van der Waals surface area contributed by atoms with Gasteiger partial charge < -0.3 is 10.6 Å². The van der Waals surface area contributed by atoms with Crippen molar-refractivity contribution in [1.29, 1.82) is 0 Å². The fraction of sp³-hybridized carbons (Fsp3) is 0.529. The van der Waals surface area contributed by atoms with Gasteiger partial charge in [0.15, 0.2) is 0 Å². The summed E-state index contributed by atoms with van der Waals surface area (Å²) in [5.74, 6) is 0.245. The first-order valence-corrected chi connectivity index (χ1v) is 8.03. The molecular weight excluding hydrogens is 280 g/mol. The van der Waals surface area contributed by atoms with E-state index >= 15 is 0 Å². The van der Waals surface area contributed by atoms with Gasteiger partial charge in [0.1, 0.15) is 0 Å². The predicted molar refractivity (Wildman–Crippen MR) is 90.0 cm³/mol. The van der Waals surface area contributed by atoms with Gasteiger partial charge >= 0.3 is 0 Å². The molecule has 4 heteroatoms. The van der Waals surface area contributed by atoms with Gasteiger partial charge in [-0.15, -0.1) is 0 Å². The predicted octanol–water partition coefficient (Wildman–Crippen LogP) is 2.78. The Morgan fingerprint density at radius 1 is 1.33 bits per heavy atom. The Labute approximate surface area is 132 Å². The summed E-state index contributed by atoms with van der Waals surface area (Å²) in [7, 11) is 0. The molecule has 3 unspecified atom stereocenters. The first-order chi connectivity index (χ1) is 9.99. The quantitative estimate of drug-likeness (QED) is 0.870. The molecule has 1 aromatic carbocycles. The van der Waals surface area contributed by atoms with Crippen LogP contribution in [-0.4, -0.2) is 28.4 Å². The average molecular weight is 304 g/mol. The van der Waals surface area contributed by atoms with Crippen molar-refractivity contribution in [3.8, 4) is 0 Å². The molecule has 1 saturated heterocycles. The number of rotatable bonds is 4. The van der Waals surface area contributed by atoms with Gasteiger partial charge in [0.25, 0.3) is 0 Å². The van der Waals surface area contributed by atoms with Crippen molar-refractivity contribution < 1.29 is 4.79 Å². The molecule has 114 valence electrons. The summed E-state index contributed by atoms with van der Waals surface area (Å²) < 4.78 is 0. The van der Waals surface area contributed by atoms with Crippen LogP contribution in [0, 0.1) is 11.8 Å². The van der Waals surface area contributed by atoms with Crippen molar-refractivity contribution in [2.45, 2.75) is 39.2 Å². The summed E-state index contributed by atoms with van der Waals surface area (Å²) in [6.07, 6.45) is 2.83. The van der Waals surface area contributed by atoms with Gasteiger partial charge in [-0.3, -0.25) is 4.79 Å². The molecule has 3 nitrogen and oxygen atoms in total. The van der Waals surface area contributed by atoms with E-state index in [1.165, 1.54) is 6.42 Å². The zero-order chi connectivity index (χ0) is 15.4. The summed E-state index contributed by atoms with van der Waals surface area (Å²) in [4.78, 5) is 15.1. The molecule has 2 N–H and O–H groups in total. The Balaban J connectivity index is 2.13. The fourth-order valence-corrected chi connectivity index (χ4v) is 3.14. The molecule has 1 heterocycles. The molecule has 0 aromatic heterocycles. The van der Waals surface area contributed by atoms with Crippen LogP contribution in [0.25, 0.3) is 0 Å². The largest absolute Gasteiger partial charge is 0.393 e. The van der Waals surface area contributed by atoms with E-state index in [1.54, 1.807) is 0 Å². The highest BCUT2D eigenvalue weighted by Crippen LogP contribution is 2.24. The Hall–Kier alpha value is -1.42. The summed E-state index contributed by atoms with van der Waals surface area (Å²) in [6.45, 7) is 5.12. The van der Waals surface area contributed by atoms with Crippen LogP contribution in [0.4, 0.5) is 0 Å². The lowest BCUT2D eigenvalue weighted by Crippen LogP contribution is -2.50. The van der Waals surface area contributed by atoms with Gasteiger partial charge in [-0.25, -0.2) is 0 Å². The first kappa shape index (κ1) is 16.0. The summed E-state index contributed by atoms with van der Waals surface area (Å²) in [6, 6.07) is 10.2. The minimum atomic E-state index is -0.393. The second kappa shape index (κ2) is 7.03. The summed E-state index contributed by atoms with van der Waals surface area (Å²) in [5.41, 5.74) is 6.95. The highest BCUT2D eigenvalue weighted by atomic mass is 32.1. The van der Waals surface area contributed by atoms with Crippen LogP contribution in [0.5, 0.6) is 0 Å². The van der Waals surface area contributed by atoms with Crippen LogP contribution < -0.4 is 5.73 Å². The van der Waals surface area contributed by atoms with E-state index in [9.17, 15) is 4.79 Å². The van der Waals surface area contributed by atoms with E-state index in [2.05, 4.69) is 13.8 Å². The summed E-state index contributed by atoms with van der Waals surface area (Å²) in [5, 5.41) is 0. The molecule has 0 aliphatic carbocycles. The van der Waals surface area contributed by atoms with Crippen LogP contribution >= 0.6 is 12.2 Å². The average Bonchev–Trinajstić information content (AvgIpc) is 2.47. The maximum absolute atomic E-state index is 12.9. The lowest BCUT2D eigenvalue weighted by Gasteiger charge is -2.38. The molecule has 0 spiro atoms. The Bertz CT molecular complexity index is 503. The van der Waals surface area contributed by atoms with Crippen molar-refractivity contribution >= 4 is 23.1 Å². The number of hydrogen-bond donors (Lipinski definition) is 1. The van der Waals surface area contributed by atoms with Crippen LogP contribution in [0.2, 0.25) is 0 Å². The Morgan fingerprint density at radius 2 is 2.00 bits per heavy atom. The molecule has 1 aliphatic heterocycles. The molecule has 1 fully saturated rings. The third-order valence-electron chi connectivity index (χ3n) is 4.32. The van der Waals surface area contributed by atoms with E-state index in [1.807, 2.05) is 35.2 Å². The molecule has 2 rings (SSSR count). The van der Waals surface area contributed by atoms with Crippen molar-refractivity contribution in [2.24, 2.45) is 17.6 Å². The maximum Gasteiger partial charge on any atom is 0.233 e. The lowest BCUT2D eigenvalue weighted by atomic mass is 9.91.